The Morgan fingerprint density at radius 2 is 1.81 bits per heavy atom. The molecule has 16 heavy (non-hydrogen) atoms. The summed E-state index contributed by atoms with van der Waals surface area (Å²) in [6.07, 6.45) is 0. The van der Waals surface area contributed by atoms with E-state index in [9.17, 15) is 4.79 Å². The number of hydrogen-bond donors (Lipinski definition) is 1. The molecule has 1 aromatic carbocycles. The first kappa shape index (κ1) is 12.6. The fourth-order valence-electron chi connectivity index (χ4n) is 1.24. The van der Waals surface area contributed by atoms with Crippen LogP contribution in [0.4, 0.5) is 0 Å². The van der Waals surface area contributed by atoms with Gasteiger partial charge in [0, 0.05) is 6.07 Å². The molecule has 0 unspecified atom stereocenters. The summed E-state index contributed by atoms with van der Waals surface area (Å²) < 4.78 is 10.5. The van der Waals surface area contributed by atoms with Gasteiger partial charge >= 0.3 is 5.97 Å². The average molecular weight is 245 g/mol. The minimum atomic E-state index is -1.08. The Morgan fingerprint density at radius 3 is 2.31 bits per heavy atom. The van der Waals surface area contributed by atoms with Crippen LogP contribution in [0.1, 0.15) is 24.2 Å². The van der Waals surface area contributed by atoms with Crippen LogP contribution in [-0.4, -0.2) is 24.3 Å². The van der Waals surface area contributed by atoms with E-state index in [1.165, 1.54) is 12.1 Å². The molecule has 0 amide bonds. The minimum absolute atomic E-state index is 0.0373. The molecule has 0 aliphatic rings. The van der Waals surface area contributed by atoms with E-state index in [-0.39, 0.29) is 16.3 Å². The average Bonchev–Trinajstić information content (AvgIpc) is 2.23. The lowest BCUT2D eigenvalue weighted by Crippen LogP contribution is -2.04. The quantitative estimate of drug-likeness (QED) is 0.865. The van der Waals surface area contributed by atoms with Gasteiger partial charge in [0.25, 0.3) is 0 Å². The molecular weight excluding hydrogens is 232 g/mol. The fraction of sp³-hybridized carbons (Fsp3) is 0.364. The van der Waals surface area contributed by atoms with E-state index in [2.05, 4.69) is 0 Å². The summed E-state index contributed by atoms with van der Waals surface area (Å²) in [7, 11) is 0. The summed E-state index contributed by atoms with van der Waals surface area (Å²) in [5.41, 5.74) is 0.0373. The molecule has 0 bridgehead atoms. The van der Waals surface area contributed by atoms with Crippen LogP contribution in [0.5, 0.6) is 11.5 Å². The zero-order valence-corrected chi connectivity index (χ0v) is 9.87. The molecule has 0 atom stereocenters. The van der Waals surface area contributed by atoms with Crippen LogP contribution in [0.2, 0.25) is 5.02 Å². The highest BCUT2D eigenvalue weighted by Gasteiger charge is 2.15. The molecule has 0 fully saturated rings. The third kappa shape index (κ3) is 2.79. The predicted molar refractivity (Wildman–Crippen MR) is 60.7 cm³/mol. The molecule has 1 aromatic rings. The van der Waals surface area contributed by atoms with Crippen LogP contribution in [0.25, 0.3) is 0 Å². The van der Waals surface area contributed by atoms with Gasteiger partial charge in [-0.1, -0.05) is 11.6 Å². The van der Waals surface area contributed by atoms with Crippen LogP contribution in [-0.2, 0) is 0 Å². The first-order valence-electron chi connectivity index (χ1n) is 4.92. The highest BCUT2D eigenvalue weighted by atomic mass is 35.5. The SMILES string of the molecule is CCOc1cc(OCC)c(C(=O)O)cc1Cl. The molecule has 0 aliphatic heterocycles. The normalized spacial score (nSPS) is 9.94. The maximum Gasteiger partial charge on any atom is 0.339 e. The highest BCUT2D eigenvalue weighted by Crippen LogP contribution is 2.32. The van der Waals surface area contributed by atoms with E-state index in [0.717, 1.165) is 0 Å². The topological polar surface area (TPSA) is 55.8 Å². The summed E-state index contributed by atoms with van der Waals surface area (Å²) in [5, 5.41) is 9.22. The summed E-state index contributed by atoms with van der Waals surface area (Å²) in [5.74, 6) is -0.381. The molecule has 0 aliphatic carbocycles. The molecule has 5 heteroatoms. The van der Waals surface area contributed by atoms with E-state index >= 15 is 0 Å². The largest absolute Gasteiger partial charge is 0.493 e. The first-order valence-corrected chi connectivity index (χ1v) is 5.30. The standard InChI is InChI=1S/C11H13ClO4/c1-3-15-9-6-10(16-4-2)8(12)5-7(9)11(13)14/h5-6H,3-4H2,1-2H3,(H,13,14). The van der Waals surface area contributed by atoms with Gasteiger partial charge in [-0.25, -0.2) is 4.79 Å². The van der Waals surface area contributed by atoms with Gasteiger partial charge in [-0.3, -0.25) is 0 Å². The Bertz CT molecular complexity index is 390. The zero-order valence-electron chi connectivity index (χ0n) is 9.12. The van der Waals surface area contributed by atoms with Crippen molar-refractivity contribution in [3.63, 3.8) is 0 Å². The molecule has 88 valence electrons. The molecule has 1 N–H and O–H groups in total. The molecule has 0 aromatic heterocycles. The number of carbonyl (C=O) groups is 1. The monoisotopic (exact) mass is 244 g/mol. The second-order valence-corrected chi connectivity index (χ2v) is 3.36. The Hall–Kier alpha value is -1.42. The molecule has 0 radical (unpaired) electrons. The maximum atomic E-state index is 10.9. The van der Waals surface area contributed by atoms with Crippen molar-refractivity contribution in [2.24, 2.45) is 0 Å². The van der Waals surface area contributed by atoms with E-state index in [0.29, 0.717) is 19.0 Å². The molecule has 0 heterocycles. The zero-order chi connectivity index (χ0) is 12.1. The molecule has 0 saturated carbocycles. The number of benzene rings is 1. The number of ether oxygens (including phenoxy) is 2. The number of carboxylic acids is 1. The summed E-state index contributed by atoms with van der Waals surface area (Å²) in [6, 6.07) is 2.83. The molecule has 4 nitrogen and oxygen atoms in total. The van der Waals surface area contributed by atoms with Crippen molar-refractivity contribution in [2.45, 2.75) is 13.8 Å². The van der Waals surface area contributed by atoms with Crippen LogP contribution in [0.3, 0.4) is 0 Å². The number of halogens is 1. The van der Waals surface area contributed by atoms with E-state index in [1.807, 2.05) is 6.92 Å². The van der Waals surface area contributed by atoms with Crippen molar-refractivity contribution in [1.29, 1.82) is 0 Å². The third-order valence-electron chi connectivity index (χ3n) is 1.86. The van der Waals surface area contributed by atoms with Gasteiger partial charge in [-0.15, -0.1) is 0 Å². The second kappa shape index (κ2) is 5.61. The summed E-state index contributed by atoms with van der Waals surface area (Å²) in [4.78, 5) is 10.9. The van der Waals surface area contributed by atoms with Gasteiger partial charge in [0.05, 0.1) is 18.2 Å². The van der Waals surface area contributed by atoms with Crippen LogP contribution < -0.4 is 9.47 Å². The van der Waals surface area contributed by atoms with Crippen molar-refractivity contribution in [3.8, 4) is 11.5 Å². The Morgan fingerprint density at radius 1 is 1.25 bits per heavy atom. The molecule has 0 saturated heterocycles. The first-order chi connectivity index (χ1) is 7.60. The Labute approximate surface area is 98.7 Å². The van der Waals surface area contributed by atoms with Crippen molar-refractivity contribution >= 4 is 17.6 Å². The van der Waals surface area contributed by atoms with E-state index in [1.54, 1.807) is 6.92 Å². The van der Waals surface area contributed by atoms with Crippen molar-refractivity contribution < 1.29 is 19.4 Å². The van der Waals surface area contributed by atoms with E-state index < -0.39 is 5.97 Å². The van der Waals surface area contributed by atoms with Gasteiger partial charge < -0.3 is 14.6 Å². The third-order valence-corrected chi connectivity index (χ3v) is 2.16. The number of carboxylic acid groups (broad SMARTS) is 1. The fourth-order valence-corrected chi connectivity index (χ4v) is 1.46. The highest BCUT2D eigenvalue weighted by molar-refractivity contribution is 6.32. The number of aromatic carboxylic acids is 1. The van der Waals surface area contributed by atoms with Gasteiger partial charge in [0.1, 0.15) is 17.1 Å². The van der Waals surface area contributed by atoms with Gasteiger partial charge in [-0.05, 0) is 19.9 Å². The Balaban J connectivity index is 3.19. The van der Waals surface area contributed by atoms with Crippen molar-refractivity contribution in [1.82, 2.24) is 0 Å². The van der Waals surface area contributed by atoms with E-state index in [4.69, 9.17) is 26.2 Å². The molecule has 1 rings (SSSR count). The smallest absolute Gasteiger partial charge is 0.339 e. The van der Waals surface area contributed by atoms with Crippen molar-refractivity contribution in [3.05, 3.63) is 22.7 Å². The van der Waals surface area contributed by atoms with Crippen LogP contribution >= 0.6 is 11.6 Å². The lowest BCUT2D eigenvalue weighted by Gasteiger charge is -2.11. The molecule has 0 spiro atoms. The summed E-state index contributed by atoms with van der Waals surface area (Å²) in [6.45, 7) is 4.44. The van der Waals surface area contributed by atoms with Crippen LogP contribution in [0.15, 0.2) is 12.1 Å². The number of hydrogen-bond acceptors (Lipinski definition) is 3. The lowest BCUT2D eigenvalue weighted by molar-refractivity contribution is 0.0692. The second-order valence-electron chi connectivity index (χ2n) is 2.95. The lowest BCUT2D eigenvalue weighted by atomic mass is 10.2. The van der Waals surface area contributed by atoms with Crippen molar-refractivity contribution in [2.75, 3.05) is 13.2 Å². The summed E-state index contributed by atoms with van der Waals surface area (Å²) >= 11 is 5.88. The van der Waals surface area contributed by atoms with Crippen LogP contribution in [0, 0.1) is 0 Å². The maximum absolute atomic E-state index is 10.9. The Kier molecular flexibility index (Phi) is 4.43. The van der Waals surface area contributed by atoms with Gasteiger partial charge in [0.15, 0.2) is 0 Å². The molecular formula is C11H13ClO4. The number of rotatable bonds is 5. The van der Waals surface area contributed by atoms with Gasteiger partial charge in [0.2, 0.25) is 0 Å². The minimum Gasteiger partial charge on any atom is -0.493 e. The van der Waals surface area contributed by atoms with Gasteiger partial charge in [-0.2, -0.15) is 0 Å². The predicted octanol–water partition coefficient (Wildman–Crippen LogP) is 2.84.